The van der Waals surface area contributed by atoms with Gasteiger partial charge in [0.05, 0.1) is 22.8 Å². The summed E-state index contributed by atoms with van der Waals surface area (Å²) in [7, 11) is 0. The number of benzene rings is 5. The molecule has 6 rings (SSSR count). The van der Waals surface area contributed by atoms with E-state index in [4.69, 9.17) is 9.98 Å². The van der Waals surface area contributed by atoms with Crippen molar-refractivity contribution in [2.75, 3.05) is 0 Å². The second-order valence-corrected chi connectivity index (χ2v) is 7.88. The van der Waals surface area contributed by atoms with Gasteiger partial charge in [0.25, 0.3) is 0 Å². The van der Waals surface area contributed by atoms with Crippen molar-refractivity contribution in [2.45, 2.75) is 0 Å². The number of para-hydroxylation sites is 2. The van der Waals surface area contributed by atoms with Crippen molar-refractivity contribution in [1.82, 2.24) is 0 Å². The van der Waals surface area contributed by atoms with Crippen molar-refractivity contribution in [3.63, 3.8) is 0 Å². The Balaban J connectivity index is 1.69. The van der Waals surface area contributed by atoms with Crippen LogP contribution in [0, 0.1) is 0 Å². The molecule has 0 amide bonds. The number of rotatable bonds is 2. The highest BCUT2D eigenvalue weighted by Crippen LogP contribution is 2.34. The third-order valence-corrected chi connectivity index (χ3v) is 5.83. The molecule has 2 heteroatoms. The van der Waals surface area contributed by atoms with Crippen molar-refractivity contribution in [1.29, 1.82) is 0 Å². The van der Waals surface area contributed by atoms with Gasteiger partial charge in [-0.05, 0) is 47.2 Å². The smallest absolute Gasteiger partial charge is 0.0795 e. The van der Waals surface area contributed by atoms with Gasteiger partial charge < -0.3 is 0 Å². The molecule has 0 radical (unpaired) electrons. The first kappa shape index (κ1) is 18.5. The lowest BCUT2D eigenvalue weighted by Crippen LogP contribution is -2.22. The van der Waals surface area contributed by atoms with Gasteiger partial charge >= 0.3 is 0 Å². The van der Waals surface area contributed by atoms with Crippen molar-refractivity contribution >= 4 is 33.6 Å². The summed E-state index contributed by atoms with van der Waals surface area (Å²) in [4.78, 5) is 10.2. The molecule has 0 saturated carbocycles. The SMILES string of the molecule is c1ccc(N=C2c3ccccc3C(=Nc3ccccc3)c3cc4ccccc4cc32)cc1. The highest BCUT2D eigenvalue weighted by molar-refractivity contribution is 6.33. The summed E-state index contributed by atoms with van der Waals surface area (Å²) in [6.45, 7) is 0. The van der Waals surface area contributed by atoms with E-state index in [0.29, 0.717) is 0 Å². The molecule has 5 aromatic carbocycles. The third-order valence-electron chi connectivity index (χ3n) is 5.83. The molecular weight excluding hydrogens is 388 g/mol. The Kier molecular flexibility index (Phi) is 4.47. The largest absolute Gasteiger partial charge is 0.248 e. The van der Waals surface area contributed by atoms with Crippen LogP contribution >= 0.6 is 0 Å². The molecule has 0 heterocycles. The average molecular weight is 409 g/mol. The van der Waals surface area contributed by atoms with Gasteiger partial charge in [-0.2, -0.15) is 0 Å². The average Bonchev–Trinajstić information content (AvgIpc) is 2.86. The number of nitrogens with zero attached hydrogens (tertiary/aromatic N) is 2. The lowest BCUT2D eigenvalue weighted by Gasteiger charge is -2.24. The van der Waals surface area contributed by atoms with Gasteiger partial charge in [-0.3, -0.25) is 0 Å². The second-order valence-electron chi connectivity index (χ2n) is 7.88. The molecule has 150 valence electrons. The van der Waals surface area contributed by atoms with Crippen LogP contribution in [0.3, 0.4) is 0 Å². The molecule has 0 N–H and O–H groups in total. The Morgan fingerprint density at radius 1 is 0.344 bits per heavy atom. The minimum absolute atomic E-state index is 0.944. The summed E-state index contributed by atoms with van der Waals surface area (Å²) in [5, 5.41) is 2.40. The number of hydrogen-bond donors (Lipinski definition) is 0. The topological polar surface area (TPSA) is 24.7 Å². The Morgan fingerprint density at radius 3 is 1.16 bits per heavy atom. The molecule has 0 bridgehead atoms. The lowest BCUT2D eigenvalue weighted by atomic mass is 9.81. The summed E-state index contributed by atoms with van der Waals surface area (Å²) in [6, 6.07) is 41.8. The first-order valence-electron chi connectivity index (χ1n) is 10.8. The fourth-order valence-corrected chi connectivity index (χ4v) is 4.32. The third kappa shape index (κ3) is 3.23. The van der Waals surface area contributed by atoms with Gasteiger partial charge in [0.2, 0.25) is 0 Å². The maximum Gasteiger partial charge on any atom is 0.0795 e. The fraction of sp³-hybridized carbons (Fsp3) is 0. The van der Waals surface area contributed by atoms with E-state index in [1.165, 1.54) is 10.8 Å². The van der Waals surface area contributed by atoms with E-state index >= 15 is 0 Å². The zero-order chi connectivity index (χ0) is 21.3. The highest BCUT2D eigenvalue weighted by atomic mass is 14.8. The predicted molar refractivity (Wildman–Crippen MR) is 134 cm³/mol. The molecule has 5 aromatic rings. The molecule has 0 aromatic heterocycles. The minimum atomic E-state index is 0.944. The monoisotopic (exact) mass is 408 g/mol. The first-order valence-corrected chi connectivity index (χ1v) is 10.8. The molecule has 0 unspecified atom stereocenters. The normalized spacial score (nSPS) is 15.0. The van der Waals surface area contributed by atoms with E-state index in [1.54, 1.807) is 0 Å². The van der Waals surface area contributed by atoms with Crippen LogP contribution in [-0.2, 0) is 0 Å². The number of fused-ring (bicyclic) bond motifs is 3. The minimum Gasteiger partial charge on any atom is -0.248 e. The van der Waals surface area contributed by atoms with Crippen LogP contribution in [0.15, 0.2) is 131 Å². The first-order chi connectivity index (χ1) is 15.9. The van der Waals surface area contributed by atoms with Crippen LogP contribution in [0.2, 0.25) is 0 Å². The van der Waals surface area contributed by atoms with E-state index in [9.17, 15) is 0 Å². The van der Waals surface area contributed by atoms with Crippen LogP contribution in [0.25, 0.3) is 10.8 Å². The summed E-state index contributed by atoms with van der Waals surface area (Å²) in [6.07, 6.45) is 0. The highest BCUT2D eigenvalue weighted by Gasteiger charge is 2.27. The van der Waals surface area contributed by atoms with Crippen molar-refractivity contribution < 1.29 is 0 Å². The van der Waals surface area contributed by atoms with Crippen LogP contribution in [-0.4, -0.2) is 11.4 Å². The summed E-state index contributed by atoms with van der Waals surface area (Å²) >= 11 is 0. The second kappa shape index (κ2) is 7.75. The molecule has 1 aliphatic rings. The van der Waals surface area contributed by atoms with E-state index in [1.807, 2.05) is 60.7 Å². The molecule has 0 atom stereocenters. The molecule has 1 aliphatic carbocycles. The molecule has 0 fully saturated rings. The maximum absolute atomic E-state index is 5.11. The zero-order valence-corrected chi connectivity index (χ0v) is 17.4. The van der Waals surface area contributed by atoms with Crippen LogP contribution in [0.1, 0.15) is 22.3 Å². The molecule has 0 aliphatic heterocycles. The van der Waals surface area contributed by atoms with E-state index in [0.717, 1.165) is 45.1 Å². The van der Waals surface area contributed by atoms with Crippen LogP contribution < -0.4 is 0 Å². The molecule has 0 saturated heterocycles. The van der Waals surface area contributed by atoms with Gasteiger partial charge in [0.1, 0.15) is 0 Å². The summed E-state index contributed by atoms with van der Waals surface area (Å²) < 4.78 is 0. The van der Waals surface area contributed by atoms with Gasteiger partial charge in [0, 0.05) is 22.3 Å². The molecule has 0 spiro atoms. The fourth-order valence-electron chi connectivity index (χ4n) is 4.32. The van der Waals surface area contributed by atoms with Crippen LogP contribution in [0.5, 0.6) is 0 Å². The van der Waals surface area contributed by atoms with Gasteiger partial charge in [-0.1, -0.05) is 84.9 Å². The number of hydrogen-bond acceptors (Lipinski definition) is 2. The van der Waals surface area contributed by atoms with Crippen molar-refractivity contribution in [3.8, 4) is 0 Å². The quantitative estimate of drug-likeness (QED) is 0.283. The zero-order valence-electron chi connectivity index (χ0n) is 17.4. The van der Waals surface area contributed by atoms with Crippen LogP contribution in [0.4, 0.5) is 11.4 Å². The molecule has 32 heavy (non-hydrogen) atoms. The van der Waals surface area contributed by atoms with E-state index in [2.05, 4.69) is 60.7 Å². The summed E-state index contributed by atoms with van der Waals surface area (Å²) in [5.41, 5.74) is 8.29. The van der Waals surface area contributed by atoms with Gasteiger partial charge in [-0.25, -0.2) is 9.98 Å². The van der Waals surface area contributed by atoms with Gasteiger partial charge in [0.15, 0.2) is 0 Å². The Hall–Kier alpha value is -4.30. The lowest BCUT2D eigenvalue weighted by molar-refractivity contribution is 1.41. The standard InChI is InChI=1S/C30H20N2/c1-3-13-23(14-4-1)31-29-25-17-9-10-18-26(25)30(32-24-15-5-2-6-16-24)28-20-22-12-8-7-11-21(22)19-27(28)29/h1-20H. The Labute approximate surface area is 187 Å². The Bertz CT molecular complexity index is 1380. The molecule has 2 nitrogen and oxygen atoms in total. The van der Waals surface area contributed by atoms with Crippen molar-refractivity contribution in [3.05, 3.63) is 144 Å². The maximum atomic E-state index is 5.11. The van der Waals surface area contributed by atoms with E-state index < -0.39 is 0 Å². The Morgan fingerprint density at radius 2 is 0.719 bits per heavy atom. The molecular formula is C30H20N2. The predicted octanol–water partition coefficient (Wildman–Crippen LogP) is 7.49. The van der Waals surface area contributed by atoms with Gasteiger partial charge in [-0.15, -0.1) is 0 Å². The van der Waals surface area contributed by atoms with Crippen molar-refractivity contribution in [2.24, 2.45) is 9.98 Å². The number of aliphatic imine (C=N–C) groups is 2. The summed E-state index contributed by atoms with van der Waals surface area (Å²) in [5.74, 6) is 0. The van der Waals surface area contributed by atoms with E-state index in [-0.39, 0.29) is 0 Å².